The summed E-state index contributed by atoms with van der Waals surface area (Å²) in [7, 11) is 0. The molecule has 0 bridgehead atoms. The molecule has 0 amide bonds. The number of benzene rings is 2. The molecule has 2 N–H and O–H groups in total. The van der Waals surface area contributed by atoms with Crippen LogP contribution in [0, 0.1) is 0 Å². The van der Waals surface area contributed by atoms with Crippen molar-refractivity contribution in [3.8, 4) is 23.0 Å². The van der Waals surface area contributed by atoms with Crippen LogP contribution in [0.5, 0.6) is 11.5 Å². The quantitative estimate of drug-likeness (QED) is 0.709. The topological polar surface area (TPSA) is 79.4 Å². The third-order valence-corrected chi connectivity index (χ3v) is 3.49. The predicted octanol–water partition coefficient (Wildman–Crippen LogP) is 3.50. The second-order valence-electron chi connectivity index (χ2n) is 4.52. The average molecular weight is 347 g/mol. The Bertz CT molecular complexity index is 769. The molecule has 3 rings (SSSR count). The van der Waals surface area contributed by atoms with Gasteiger partial charge in [0, 0.05) is 16.5 Å². The Balaban J connectivity index is 1.82. The predicted molar refractivity (Wildman–Crippen MR) is 80.0 cm³/mol. The van der Waals surface area contributed by atoms with E-state index in [1.54, 1.807) is 6.07 Å². The van der Waals surface area contributed by atoms with E-state index in [9.17, 15) is 10.2 Å². The third kappa shape index (κ3) is 3.05. The van der Waals surface area contributed by atoms with Gasteiger partial charge in [-0.2, -0.15) is 4.98 Å². The number of nitrogens with zero attached hydrogens (tertiary/aromatic N) is 2. The molecule has 0 aliphatic rings. The molecule has 2 aromatic carbocycles. The van der Waals surface area contributed by atoms with Crippen LogP contribution in [0.1, 0.15) is 11.4 Å². The van der Waals surface area contributed by atoms with Crippen molar-refractivity contribution in [2.24, 2.45) is 0 Å². The second kappa shape index (κ2) is 5.57. The molecule has 0 aliphatic heterocycles. The highest BCUT2D eigenvalue weighted by Crippen LogP contribution is 2.29. The number of phenols is 2. The van der Waals surface area contributed by atoms with Gasteiger partial charge in [0.05, 0.1) is 0 Å². The summed E-state index contributed by atoms with van der Waals surface area (Å²) in [6.45, 7) is 0. The van der Waals surface area contributed by atoms with Gasteiger partial charge in [0.2, 0.25) is 0 Å². The van der Waals surface area contributed by atoms with Gasteiger partial charge in [-0.1, -0.05) is 33.2 Å². The molecule has 1 heterocycles. The number of hydrogen-bond acceptors (Lipinski definition) is 5. The largest absolute Gasteiger partial charge is 0.504 e. The van der Waals surface area contributed by atoms with Gasteiger partial charge in [-0.3, -0.25) is 0 Å². The van der Waals surface area contributed by atoms with Crippen molar-refractivity contribution in [1.82, 2.24) is 10.1 Å². The van der Waals surface area contributed by atoms with E-state index in [4.69, 9.17) is 4.52 Å². The fourth-order valence-corrected chi connectivity index (χ4v) is 2.15. The summed E-state index contributed by atoms with van der Waals surface area (Å²) in [5.74, 6) is 0.450. The third-order valence-electron chi connectivity index (χ3n) is 2.97. The van der Waals surface area contributed by atoms with Crippen LogP contribution >= 0.6 is 15.9 Å². The number of aromatic nitrogens is 2. The lowest BCUT2D eigenvalue weighted by Gasteiger charge is -1.98. The van der Waals surface area contributed by atoms with Gasteiger partial charge in [0.15, 0.2) is 17.3 Å². The number of aromatic hydroxyl groups is 2. The SMILES string of the molecule is Oc1ccc(-c2nc(Cc3ccc(Br)cc3)no2)cc1O. The molecule has 5 nitrogen and oxygen atoms in total. The Morgan fingerprint density at radius 1 is 1.00 bits per heavy atom. The molecule has 0 spiro atoms. The van der Waals surface area contributed by atoms with Crippen molar-refractivity contribution in [3.63, 3.8) is 0 Å². The highest BCUT2D eigenvalue weighted by Gasteiger charge is 2.11. The van der Waals surface area contributed by atoms with E-state index in [0.717, 1.165) is 10.0 Å². The number of hydrogen-bond donors (Lipinski definition) is 2. The Labute approximate surface area is 129 Å². The van der Waals surface area contributed by atoms with Crippen LogP contribution in [0.15, 0.2) is 51.5 Å². The molecular weight excluding hydrogens is 336 g/mol. The summed E-state index contributed by atoms with van der Waals surface area (Å²) >= 11 is 3.38. The summed E-state index contributed by atoms with van der Waals surface area (Å²) in [6, 6.07) is 12.2. The maximum atomic E-state index is 9.49. The highest BCUT2D eigenvalue weighted by molar-refractivity contribution is 9.10. The Kier molecular flexibility index (Phi) is 3.62. The van der Waals surface area contributed by atoms with E-state index in [1.165, 1.54) is 12.1 Å². The average Bonchev–Trinajstić information content (AvgIpc) is 2.93. The molecule has 0 radical (unpaired) electrons. The molecule has 6 heteroatoms. The summed E-state index contributed by atoms with van der Waals surface area (Å²) in [6.07, 6.45) is 0.556. The lowest BCUT2D eigenvalue weighted by molar-refractivity contribution is 0.402. The summed E-state index contributed by atoms with van der Waals surface area (Å²) in [5, 5.41) is 22.7. The van der Waals surface area contributed by atoms with E-state index in [1.807, 2.05) is 24.3 Å². The minimum atomic E-state index is -0.222. The van der Waals surface area contributed by atoms with Gasteiger partial charge in [-0.25, -0.2) is 0 Å². The molecule has 0 fully saturated rings. The smallest absolute Gasteiger partial charge is 0.258 e. The molecule has 0 aliphatic carbocycles. The molecule has 0 unspecified atom stereocenters. The van der Waals surface area contributed by atoms with E-state index >= 15 is 0 Å². The molecule has 0 saturated heterocycles. The zero-order chi connectivity index (χ0) is 14.8. The van der Waals surface area contributed by atoms with Crippen LogP contribution in [0.25, 0.3) is 11.5 Å². The summed E-state index contributed by atoms with van der Waals surface area (Å²) in [4.78, 5) is 4.29. The van der Waals surface area contributed by atoms with Gasteiger partial charge in [0.25, 0.3) is 5.89 Å². The normalized spacial score (nSPS) is 10.7. The fourth-order valence-electron chi connectivity index (χ4n) is 1.88. The van der Waals surface area contributed by atoms with Gasteiger partial charge >= 0.3 is 0 Å². The molecule has 106 valence electrons. The summed E-state index contributed by atoms with van der Waals surface area (Å²) < 4.78 is 6.19. The lowest BCUT2D eigenvalue weighted by atomic mass is 10.1. The lowest BCUT2D eigenvalue weighted by Crippen LogP contribution is -1.90. The van der Waals surface area contributed by atoms with E-state index in [2.05, 4.69) is 26.1 Å². The zero-order valence-corrected chi connectivity index (χ0v) is 12.4. The highest BCUT2D eigenvalue weighted by atomic mass is 79.9. The summed E-state index contributed by atoms with van der Waals surface area (Å²) in [5.41, 5.74) is 1.62. The molecular formula is C15H11BrN2O3. The Morgan fingerprint density at radius 2 is 1.76 bits per heavy atom. The zero-order valence-electron chi connectivity index (χ0n) is 10.8. The Morgan fingerprint density at radius 3 is 2.48 bits per heavy atom. The van der Waals surface area contributed by atoms with Crippen molar-refractivity contribution in [1.29, 1.82) is 0 Å². The molecule has 1 aromatic heterocycles. The van der Waals surface area contributed by atoms with Crippen LogP contribution in [0.4, 0.5) is 0 Å². The van der Waals surface area contributed by atoms with Crippen molar-refractivity contribution in [3.05, 3.63) is 58.3 Å². The van der Waals surface area contributed by atoms with Crippen LogP contribution < -0.4 is 0 Å². The van der Waals surface area contributed by atoms with Gasteiger partial charge in [-0.15, -0.1) is 0 Å². The number of rotatable bonds is 3. The second-order valence-corrected chi connectivity index (χ2v) is 5.44. The van der Waals surface area contributed by atoms with Crippen LogP contribution in [-0.4, -0.2) is 20.4 Å². The first-order valence-corrected chi connectivity index (χ1v) is 7.00. The fraction of sp³-hybridized carbons (Fsp3) is 0.0667. The molecule has 21 heavy (non-hydrogen) atoms. The van der Waals surface area contributed by atoms with Crippen LogP contribution in [0.3, 0.4) is 0 Å². The minimum Gasteiger partial charge on any atom is -0.504 e. The first-order valence-electron chi connectivity index (χ1n) is 6.21. The maximum absolute atomic E-state index is 9.49. The van der Waals surface area contributed by atoms with Crippen molar-refractivity contribution < 1.29 is 14.7 Å². The van der Waals surface area contributed by atoms with E-state index in [0.29, 0.717) is 23.7 Å². The van der Waals surface area contributed by atoms with Gasteiger partial charge in [-0.05, 0) is 35.9 Å². The van der Waals surface area contributed by atoms with Gasteiger partial charge < -0.3 is 14.7 Å². The standard InChI is InChI=1S/C15H11BrN2O3/c16-11-4-1-9(2-5-11)7-14-17-15(21-18-14)10-3-6-12(19)13(20)8-10/h1-6,8,19-20H,7H2. The Hall–Kier alpha value is -2.34. The monoisotopic (exact) mass is 346 g/mol. The minimum absolute atomic E-state index is 0.187. The van der Waals surface area contributed by atoms with Crippen LogP contribution in [-0.2, 0) is 6.42 Å². The van der Waals surface area contributed by atoms with Gasteiger partial charge in [0.1, 0.15) is 0 Å². The first kappa shape index (κ1) is 13.6. The molecule has 0 atom stereocenters. The van der Waals surface area contributed by atoms with Crippen molar-refractivity contribution in [2.45, 2.75) is 6.42 Å². The first-order chi connectivity index (χ1) is 10.1. The van der Waals surface area contributed by atoms with Crippen molar-refractivity contribution in [2.75, 3.05) is 0 Å². The van der Waals surface area contributed by atoms with Crippen molar-refractivity contribution >= 4 is 15.9 Å². The molecule has 0 saturated carbocycles. The van der Waals surface area contributed by atoms with E-state index in [-0.39, 0.29) is 11.5 Å². The van der Waals surface area contributed by atoms with E-state index < -0.39 is 0 Å². The van der Waals surface area contributed by atoms with Crippen LogP contribution in [0.2, 0.25) is 0 Å². The number of halogens is 1. The molecule has 3 aromatic rings. The number of phenolic OH excluding ortho intramolecular Hbond substituents is 2. The maximum Gasteiger partial charge on any atom is 0.258 e.